The summed E-state index contributed by atoms with van der Waals surface area (Å²) in [4.78, 5) is 70.7. The number of carbonyl (C=O) groups is 4. The smallest absolute Gasteiger partial charge is 0.371 e. The molecule has 0 radical (unpaired) electrons. The number of esters is 2. The molecule has 14 heteroatoms. The lowest BCUT2D eigenvalue weighted by Gasteiger charge is -2.10. The van der Waals surface area contributed by atoms with E-state index in [1.54, 1.807) is 0 Å². The summed E-state index contributed by atoms with van der Waals surface area (Å²) in [7, 11) is 0. The zero-order valence-corrected chi connectivity index (χ0v) is 21.7. The lowest BCUT2D eigenvalue weighted by atomic mass is 10.2. The molecule has 4 rings (SSSR count). The number of ether oxygens (including phenoxy) is 4. The average Bonchev–Trinajstić information content (AvgIpc) is 2.96. The van der Waals surface area contributed by atoms with Crippen molar-refractivity contribution in [1.82, 2.24) is 0 Å². The highest BCUT2D eigenvalue weighted by Crippen LogP contribution is 2.24. The van der Waals surface area contributed by atoms with E-state index in [2.05, 4.69) is 0 Å². The van der Waals surface area contributed by atoms with Crippen molar-refractivity contribution >= 4 is 45.8 Å². The van der Waals surface area contributed by atoms with Gasteiger partial charge in [0, 0.05) is 12.1 Å². The summed E-state index contributed by atoms with van der Waals surface area (Å²) in [5.41, 5.74) is -1.17. The highest BCUT2D eigenvalue weighted by molar-refractivity contribution is 5.90. The van der Waals surface area contributed by atoms with E-state index in [1.807, 2.05) is 0 Å². The maximum atomic E-state index is 12.3. The first-order valence-corrected chi connectivity index (χ1v) is 12.3. The third kappa shape index (κ3) is 7.10. The van der Waals surface area contributed by atoms with Crippen molar-refractivity contribution in [3.63, 3.8) is 0 Å². The second-order valence-corrected chi connectivity index (χ2v) is 8.46. The average molecular weight is 582 g/mol. The SMILES string of the molecule is O=C(CCC(=O)OCCOc1cccc2oc(C(=O)O)cc(=O)c12)OCCOc1cccc2oc(C(=O)O)cc(=O)c12. The van der Waals surface area contributed by atoms with Gasteiger partial charge in [0.15, 0.2) is 10.9 Å². The van der Waals surface area contributed by atoms with Crippen LogP contribution in [-0.2, 0) is 19.1 Å². The van der Waals surface area contributed by atoms with E-state index in [0.717, 1.165) is 12.1 Å². The Morgan fingerprint density at radius 2 is 1.02 bits per heavy atom. The fraction of sp³-hybridized carbons (Fsp3) is 0.214. The molecule has 4 aromatic rings. The molecule has 0 aliphatic rings. The molecule has 0 unspecified atom stereocenters. The van der Waals surface area contributed by atoms with Gasteiger partial charge < -0.3 is 38.0 Å². The Hall–Kier alpha value is -5.66. The van der Waals surface area contributed by atoms with Gasteiger partial charge >= 0.3 is 23.9 Å². The highest BCUT2D eigenvalue weighted by Gasteiger charge is 2.16. The number of benzene rings is 2. The third-order valence-electron chi connectivity index (χ3n) is 5.60. The molecule has 2 aromatic carbocycles. The molecule has 218 valence electrons. The lowest BCUT2D eigenvalue weighted by molar-refractivity contribution is -0.151. The zero-order chi connectivity index (χ0) is 30.2. The summed E-state index contributed by atoms with van der Waals surface area (Å²) >= 11 is 0. The van der Waals surface area contributed by atoms with Crippen LogP contribution in [0.3, 0.4) is 0 Å². The quantitative estimate of drug-likeness (QED) is 0.172. The Morgan fingerprint density at radius 3 is 1.40 bits per heavy atom. The van der Waals surface area contributed by atoms with Crippen molar-refractivity contribution in [3.8, 4) is 11.5 Å². The molecule has 0 fully saturated rings. The molecule has 14 nitrogen and oxygen atoms in total. The van der Waals surface area contributed by atoms with Crippen LogP contribution >= 0.6 is 0 Å². The van der Waals surface area contributed by atoms with E-state index in [1.165, 1.54) is 36.4 Å². The van der Waals surface area contributed by atoms with Crippen LogP contribution in [0.1, 0.15) is 34.0 Å². The number of carboxylic acid groups (broad SMARTS) is 2. The van der Waals surface area contributed by atoms with Gasteiger partial charge in [-0.15, -0.1) is 0 Å². The van der Waals surface area contributed by atoms with Crippen molar-refractivity contribution in [3.05, 3.63) is 80.5 Å². The van der Waals surface area contributed by atoms with Gasteiger partial charge in [0.05, 0.1) is 12.8 Å². The fourth-order valence-electron chi connectivity index (χ4n) is 3.77. The molecule has 0 amide bonds. The Labute approximate surface area is 234 Å². The van der Waals surface area contributed by atoms with Gasteiger partial charge in [-0.25, -0.2) is 9.59 Å². The van der Waals surface area contributed by atoms with Crippen molar-refractivity contribution in [1.29, 1.82) is 0 Å². The van der Waals surface area contributed by atoms with E-state index in [-0.39, 0.29) is 72.7 Å². The monoisotopic (exact) mass is 582 g/mol. The van der Waals surface area contributed by atoms with Crippen LogP contribution in [-0.4, -0.2) is 60.5 Å². The second-order valence-electron chi connectivity index (χ2n) is 8.46. The Bertz CT molecular complexity index is 1650. The molecular weight excluding hydrogens is 560 g/mol. The van der Waals surface area contributed by atoms with Gasteiger partial charge in [-0.1, -0.05) is 12.1 Å². The molecule has 0 saturated heterocycles. The van der Waals surface area contributed by atoms with Gasteiger partial charge in [-0.2, -0.15) is 0 Å². The Balaban J connectivity index is 1.17. The molecular formula is C28H22O14. The van der Waals surface area contributed by atoms with Gasteiger partial charge in [0.1, 0.15) is 59.9 Å². The van der Waals surface area contributed by atoms with E-state index in [9.17, 15) is 28.8 Å². The van der Waals surface area contributed by atoms with Gasteiger partial charge in [0.2, 0.25) is 11.5 Å². The fourth-order valence-corrected chi connectivity index (χ4v) is 3.77. The largest absolute Gasteiger partial charge is 0.489 e. The molecule has 0 atom stereocenters. The highest BCUT2D eigenvalue weighted by atomic mass is 16.6. The number of hydrogen-bond acceptors (Lipinski definition) is 12. The van der Waals surface area contributed by atoms with Gasteiger partial charge in [-0.3, -0.25) is 19.2 Å². The third-order valence-corrected chi connectivity index (χ3v) is 5.60. The number of carbonyl (C=O) groups excluding carboxylic acids is 2. The van der Waals surface area contributed by atoms with Gasteiger partial charge in [0.25, 0.3) is 0 Å². The first-order chi connectivity index (χ1) is 20.1. The lowest BCUT2D eigenvalue weighted by Crippen LogP contribution is -2.16. The summed E-state index contributed by atoms with van der Waals surface area (Å²) in [5.74, 6) is -4.96. The van der Waals surface area contributed by atoms with E-state index >= 15 is 0 Å². The predicted octanol–water partition coefficient (Wildman–Crippen LogP) is 2.62. The van der Waals surface area contributed by atoms with Crippen molar-refractivity contribution in [2.24, 2.45) is 0 Å². The second kappa shape index (κ2) is 13.1. The molecule has 0 aliphatic carbocycles. The molecule has 0 saturated carbocycles. The molecule has 0 aliphatic heterocycles. The van der Waals surface area contributed by atoms with Crippen LogP contribution in [0, 0.1) is 0 Å². The normalized spacial score (nSPS) is 10.8. The maximum Gasteiger partial charge on any atom is 0.371 e. The molecule has 2 N–H and O–H groups in total. The molecule has 42 heavy (non-hydrogen) atoms. The Morgan fingerprint density at radius 1 is 0.619 bits per heavy atom. The van der Waals surface area contributed by atoms with Crippen LogP contribution in [0.25, 0.3) is 21.9 Å². The van der Waals surface area contributed by atoms with Crippen LogP contribution in [0.15, 0.2) is 67.0 Å². The number of carboxylic acids is 2. The topological polar surface area (TPSA) is 206 Å². The molecule has 0 bridgehead atoms. The van der Waals surface area contributed by atoms with E-state index in [0.29, 0.717) is 0 Å². The number of hydrogen-bond donors (Lipinski definition) is 2. The number of aromatic carboxylic acids is 2. The number of fused-ring (bicyclic) bond motifs is 2. The Kier molecular flexibility index (Phi) is 9.17. The van der Waals surface area contributed by atoms with Crippen molar-refractivity contribution in [2.45, 2.75) is 12.8 Å². The standard InChI is InChI=1S/C28H22O14/c29-15-13-21(27(33)34)41-19-5-1-3-17(25(15)19)37-9-11-39-23(31)7-8-24(32)40-12-10-38-18-4-2-6-20-26(18)16(30)14-22(42-20)28(35)36/h1-6,13-14H,7-12H2,(H,33,34)(H,35,36). The van der Waals surface area contributed by atoms with Crippen LogP contribution < -0.4 is 20.3 Å². The maximum absolute atomic E-state index is 12.3. The van der Waals surface area contributed by atoms with E-state index < -0.39 is 46.3 Å². The predicted molar refractivity (Wildman–Crippen MR) is 141 cm³/mol. The van der Waals surface area contributed by atoms with Crippen molar-refractivity contribution in [2.75, 3.05) is 26.4 Å². The minimum Gasteiger partial charge on any atom is -0.489 e. The summed E-state index contributed by atoms with van der Waals surface area (Å²) in [5, 5.41) is 18.1. The molecule has 2 aromatic heterocycles. The summed E-state index contributed by atoms with van der Waals surface area (Å²) < 4.78 is 31.4. The van der Waals surface area contributed by atoms with E-state index in [4.69, 9.17) is 38.0 Å². The summed E-state index contributed by atoms with van der Waals surface area (Å²) in [6, 6.07) is 10.5. The zero-order valence-electron chi connectivity index (χ0n) is 21.7. The van der Waals surface area contributed by atoms with Gasteiger partial charge in [-0.05, 0) is 24.3 Å². The van der Waals surface area contributed by atoms with Crippen molar-refractivity contribution < 1.29 is 57.2 Å². The van der Waals surface area contributed by atoms with Crippen LogP contribution in [0.5, 0.6) is 11.5 Å². The first kappa shape index (κ1) is 29.3. The number of rotatable bonds is 13. The van der Waals surface area contributed by atoms with Crippen LogP contribution in [0.4, 0.5) is 0 Å². The minimum absolute atomic E-state index is 0.0235. The summed E-state index contributed by atoms with van der Waals surface area (Å²) in [6.07, 6.45) is -0.544. The molecule has 0 spiro atoms. The summed E-state index contributed by atoms with van der Waals surface area (Å²) in [6.45, 7) is -0.638. The molecule has 2 heterocycles. The minimum atomic E-state index is -1.39. The van der Waals surface area contributed by atoms with Crippen LogP contribution in [0.2, 0.25) is 0 Å². The first-order valence-electron chi connectivity index (χ1n) is 12.3.